The van der Waals surface area contributed by atoms with Gasteiger partial charge in [0.2, 0.25) is 0 Å². The van der Waals surface area contributed by atoms with E-state index in [-0.39, 0.29) is 5.41 Å². The summed E-state index contributed by atoms with van der Waals surface area (Å²) >= 11 is 0. The minimum absolute atomic E-state index is 0.147. The van der Waals surface area contributed by atoms with E-state index >= 15 is 0 Å². The Morgan fingerprint density at radius 1 is 0.333 bits per heavy atom. The quantitative estimate of drug-likeness (QED) is 0.159. The van der Waals surface area contributed by atoms with Gasteiger partial charge in [-0.15, -0.1) is 0 Å². The summed E-state index contributed by atoms with van der Waals surface area (Å²) in [6.07, 6.45) is 14.6. The van der Waals surface area contributed by atoms with Gasteiger partial charge < -0.3 is 9.13 Å². The van der Waals surface area contributed by atoms with Crippen LogP contribution < -0.4 is 0 Å². The Kier molecular flexibility index (Phi) is 6.19. The van der Waals surface area contributed by atoms with Crippen LogP contribution in [0.15, 0.2) is 200 Å². The van der Waals surface area contributed by atoms with Crippen molar-refractivity contribution in [3.05, 3.63) is 206 Å². The van der Waals surface area contributed by atoms with E-state index < -0.39 is 0 Å². The third-order valence-corrected chi connectivity index (χ3v) is 12.5. The number of hydrogen-bond donors (Lipinski definition) is 0. The highest BCUT2D eigenvalue weighted by Crippen LogP contribution is 2.55. The molecule has 4 aliphatic rings. The minimum Gasteiger partial charge on any atom is -0.309 e. The monoisotopic (exact) mass is 688 g/mol. The molecule has 13 rings (SSSR count). The van der Waals surface area contributed by atoms with Crippen molar-refractivity contribution >= 4 is 43.6 Å². The van der Waals surface area contributed by atoms with Crippen molar-refractivity contribution < 1.29 is 0 Å². The highest BCUT2D eigenvalue weighted by atomic mass is 15.0. The zero-order valence-corrected chi connectivity index (χ0v) is 29.7. The average molecular weight is 689 g/mol. The lowest BCUT2D eigenvalue weighted by Gasteiger charge is -2.24. The lowest BCUT2D eigenvalue weighted by molar-refractivity contribution is 0.857. The van der Waals surface area contributed by atoms with Crippen molar-refractivity contribution in [1.29, 1.82) is 0 Å². The summed E-state index contributed by atoms with van der Waals surface area (Å²) in [7, 11) is 0. The first-order valence-corrected chi connectivity index (χ1v) is 19.1. The fraction of sp³-hybridized carbons (Fsp3) is 0.0769. The number of benzene rings is 7. The molecule has 7 aromatic carbocycles. The van der Waals surface area contributed by atoms with Gasteiger partial charge >= 0.3 is 0 Å². The van der Waals surface area contributed by atoms with Crippen LogP contribution in [-0.2, 0) is 5.41 Å². The van der Waals surface area contributed by atoms with Gasteiger partial charge in [-0.2, -0.15) is 0 Å². The number of nitrogens with zero attached hydrogens (tertiary/aromatic N) is 2. The van der Waals surface area contributed by atoms with Crippen LogP contribution in [-0.4, -0.2) is 9.13 Å². The Morgan fingerprint density at radius 2 is 0.815 bits per heavy atom. The third kappa shape index (κ3) is 4.34. The van der Waals surface area contributed by atoms with Crippen LogP contribution in [0.4, 0.5) is 0 Å². The Balaban J connectivity index is 0.965. The van der Waals surface area contributed by atoms with Gasteiger partial charge in [0, 0.05) is 38.3 Å². The molecule has 9 aromatic rings. The van der Waals surface area contributed by atoms with E-state index in [1.165, 1.54) is 82.8 Å². The summed E-state index contributed by atoms with van der Waals surface area (Å²) in [4.78, 5) is 0. The smallest absolute Gasteiger partial charge is 0.0541 e. The predicted molar refractivity (Wildman–Crippen MR) is 226 cm³/mol. The summed E-state index contributed by atoms with van der Waals surface area (Å²) in [5.74, 6) is 2.07. The molecule has 0 N–H and O–H groups in total. The van der Waals surface area contributed by atoms with E-state index in [1.807, 2.05) is 0 Å². The Labute approximate surface area is 314 Å². The molecule has 54 heavy (non-hydrogen) atoms. The number of fused-ring (bicyclic) bond motifs is 6. The van der Waals surface area contributed by atoms with Crippen molar-refractivity contribution in [3.8, 4) is 33.6 Å². The van der Waals surface area contributed by atoms with E-state index in [0.29, 0.717) is 17.8 Å². The zero-order chi connectivity index (χ0) is 35.4. The van der Waals surface area contributed by atoms with Gasteiger partial charge in [-0.3, -0.25) is 0 Å². The second kappa shape index (κ2) is 11.2. The van der Waals surface area contributed by atoms with E-state index in [0.717, 1.165) is 0 Å². The van der Waals surface area contributed by atoms with Crippen molar-refractivity contribution in [3.63, 3.8) is 0 Å². The SMILES string of the molecule is C1=CC2(c3ccc(-n4c5ccccc5c5cc(-c6ccc7c(c6)c6ccccc6n7-c6cccc(-c7ccccc7)c6)ccc54)cc3)C=CC3C1C3C=C2. The fourth-order valence-electron chi connectivity index (χ4n) is 9.64. The molecule has 2 heterocycles. The number of para-hydroxylation sites is 2. The van der Waals surface area contributed by atoms with Crippen LogP contribution in [0.3, 0.4) is 0 Å². The van der Waals surface area contributed by atoms with E-state index in [4.69, 9.17) is 0 Å². The molecule has 0 atom stereocenters. The number of aromatic nitrogens is 2. The molecular formula is C52H36N2. The van der Waals surface area contributed by atoms with Crippen molar-refractivity contribution in [2.24, 2.45) is 17.8 Å². The summed E-state index contributed by atoms with van der Waals surface area (Å²) in [6, 6.07) is 60.4. The Bertz CT molecular complexity index is 3010. The first-order valence-electron chi connectivity index (χ1n) is 19.1. The van der Waals surface area contributed by atoms with Gasteiger partial charge in [-0.05, 0) is 106 Å². The number of allylic oxidation sites excluding steroid dienone is 6. The van der Waals surface area contributed by atoms with Crippen LogP contribution in [0, 0.1) is 17.8 Å². The summed E-state index contributed by atoms with van der Waals surface area (Å²) in [6.45, 7) is 0. The van der Waals surface area contributed by atoms with E-state index in [9.17, 15) is 0 Å². The maximum absolute atomic E-state index is 2.45. The normalized spacial score (nSPS) is 21.0. The summed E-state index contributed by atoms with van der Waals surface area (Å²) in [5.41, 5.74) is 13.3. The Hall–Kier alpha value is -6.64. The van der Waals surface area contributed by atoms with Gasteiger partial charge in [-0.25, -0.2) is 0 Å². The fourth-order valence-corrected chi connectivity index (χ4v) is 9.64. The molecule has 0 aliphatic heterocycles. The molecule has 4 aliphatic carbocycles. The molecule has 2 heteroatoms. The molecule has 254 valence electrons. The highest BCUT2D eigenvalue weighted by molar-refractivity contribution is 6.12. The second-order valence-electron chi connectivity index (χ2n) is 15.4. The van der Waals surface area contributed by atoms with Gasteiger partial charge in [0.15, 0.2) is 0 Å². The number of hydrogen-bond acceptors (Lipinski definition) is 0. The molecule has 0 radical (unpaired) electrons. The average Bonchev–Trinajstić information content (AvgIpc) is 3.86. The van der Waals surface area contributed by atoms with Crippen molar-refractivity contribution in [2.45, 2.75) is 5.41 Å². The van der Waals surface area contributed by atoms with Crippen LogP contribution >= 0.6 is 0 Å². The topological polar surface area (TPSA) is 9.86 Å². The summed E-state index contributed by atoms with van der Waals surface area (Å²) < 4.78 is 4.84. The van der Waals surface area contributed by atoms with Crippen molar-refractivity contribution in [1.82, 2.24) is 9.13 Å². The molecule has 0 spiro atoms. The number of rotatable bonds is 5. The Morgan fingerprint density at radius 3 is 1.41 bits per heavy atom. The van der Waals surface area contributed by atoms with Gasteiger partial charge in [-0.1, -0.05) is 140 Å². The first-order chi connectivity index (χ1) is 26.7. The molecule has 2 aromatic heterocycles. The largest absolute Gasteiger partial charge is 0.309 e. The zero-order valence-electron chi connectivity index (χ0n) is 29.7. The lowest BCUT2D eigenvalue weighted by atomic mass is 9.80. The van der Waals surface area contributed by atoms with Gasteiger partial charge in [0.1, 0.15) is 0 Å². The van der Waals surface area contributed by atoms with Gasteiger partial charge in [0.25, 0.3) is 0 Å². The standard InChI is InChI=1S/C52H36N2/c1-2-9-34(10-3-1)35-11-8-12-40(31-35)54-49-16-7-5-14-45(49)47-33-37(18-24-51(47)54)36-17-23-50-46(32-36)44-13-4-6-15-48(44)53(50)39-21-19-38(20-22-39)52-28-25-41-42(26-29-52)43(41)27-30-52/h1-33,41-43H. The van der Waals surface area contributed by atoms with Crippen LogP contribution in [0.5, 0.6) is 0 Å². The first kappa shape index (κ1) is 29.9. The maximum atomic E-state index is 2.45. The molecule has 0 unspecified atom stereocenters. The predicted octanol–water partition coefficient (Wildman–Crippen LogP) is 13.0. The van der Waals surface area contributed by atoms with Crippen LogP contribution in [0.1, 0.15) is 5.56 Å². The molecule has 0 amide bonds. The molecule has 2 nitrogen and oxygen atoms in total. The van der Waals surface area contributed by atoms with Gasteiger partial charge in [0.05, 0.1) is 22.1 Å². The molecule has 4 bridgehead atoms. The molecular weight excluding hydrogens is 653 g/mol. The second-order valence-corrected chi connectivity index (χ2v) is 15.4. The minimum atomic E-state index is -0.147. The van der Waals surface area contributed by atoms with Crippen molar-refractivity contribution in [2.75, 3.05) is 0 Å². The lowest BCUT2D eigenvalue weighted by Crippen LogP contribution is -2.17. The highest BCUT2D eigenvalue weighted by Gasteiger charge is 2.49. The van der Waals surface area contributed by atoms with Crippen LogP contribution in [0.2, 0.25) is 0 Å². The molecule has 1 saturated carbocycles. The van der Waals surface area contributed by atoms with Crippen LogP contribution in [0.25, 0.3) is 77.2 Å². The van der Waals surface area contributed by atoms with E-state index in [2.05, 4.69) is 209 Å². The maximum Gasteiger partial charge on any atom is 0.0541 e. The molecule has 1 fully saturated rings. The molecule has 0 saturated heterocycles. The summed E-state index contributed by atoms with van der Waals surface area (Å²) in [5, 5.41) is 5.05. The van der Waals surface area contributed by atoms with E-state index in [1.54, 1.807) is 0 Å². The third-order valence-electron chi connectivity index (χ3n) is 12.5.